The summed E-state index contributed by atoms with van der Waals surface area (Å²) in [5, 5.41) is 33.2. The van der Waals surface area contributed by atoms with Crippen LogP contribution in [-0.2, 0) is 4.74 Å². The van der Waals surface area contributed by atoms with Gasteiger partial charge in [-0.25, -0.2) is 19.7 Å². The van der Waals surface area contributed by atoms with Gasteiger partial charge in [0.1, 0.15) is 24.1 Å². The van der Waals surface area contributed by atoms with Crippen molar-refractivity contribution in [3.05, 3.63) is 112 Å². The summed E-state index contributed by atoms with van der Waals surface area (Å²) in [5.74, 6) is -1.79. The van der Waals surface area contributed by atoms with Crippen molar-refractivity contribution in [1.82, 2.24) is 19.5 Å². The standard InChI is InChI=1S/C29H22Cl2N4O5/c30-18-9-6-16(7-10-18)21(20-12-17(29(38)39)8-11-19(20)15-4-2-1-3-5-15)25-23(36)24(37)28(40-25)35-14-34-22-26(31)32-13-33-27(22)35/h1-14,21,23-25,28,36-37H,(H,38,39)/t21?,23-,24+,25-,28+/m0/s1. The topological polar surface area (TPSA) is 131 Å². The van der Waals surface area contributed by atoms with Crippen molar-refractivity contribution >= 4 is 40.3 Å². The molecule has 40 heavy (non-hydrogen) atoms. The first-order chi connectivity index (χ1) is 19.3. The third-order valence-electron chi connectivity index (χ3n) is 7.14. The number of nitrogens with zero attached hydrogens (tertiary/aromatic N) is 4. The molecule has 6 rings (SSSR count). The first-order valence-electron chi connectivity index (χ1n) is 12.4. The average Bonchev–Trinajstić information content (AvgIpc) is 3.52. The molecule has 3 heterocycles. The number of hydrogen-bond acceptors (Lipinski definition) is 7. The maximum absolute atomic E-state index is 12.0. The van der Waals surface area contributed by atoms with Crippen LogP contribution in [0.1, 0.15) is 33.6 Å². The lowest BCUT2D eigenvalue weighted by Crippen LogP contribution is -2.35. The van der Waals surface area contributed by atoms with Gasteiger partial charge in [-0.15, -0.1) is 0 Å². The van der Waals surface area contributed by atoms with Crippen molar-refractivity contribution in [2.45, 2.75) is 30.5 Å². The van der Waals surface area contributed by atoms with Gasteiger partial charge in [0.25, 0.3) is 0 Å². The lowest BCUT2D eigenvalue weighted by atomic mass is 9.80. The smallest absolute Gasteiger partial charge is 0.335 e. The van der Waals surface area contributed by atoms with Gasteiger partial charge >= 0.3 is 5.97 Å². The summed E-state index contributed by atoms with van der Waals surface area (Å²) in [6.45, 7) is 0. The molecule has 2 aromatic heterocycles. The van der Waals surface area contributed by atoms with Crippen molar-refractivity contribution in [2.75, 3.05) is 0 Å². The average molecular weight is 577 g/mol. The van der Waals surface area contributed by atoms with Crippen LogP contribution in [-0.4, -0.2) is 59.1 Å². The minimum absolute atomic E-state index is 0.0742. The number of aliphatic hydroxyl groups is 2. The highest BCUT2D eigenvalue weighted by atomic mass is 35.5. The number of hydrogen-bond donors (Lipinski definition) is 3. The molecule has 0 saturated carbocycles. The highest BCUT2D eigenvalue weighted by molar-refractivity contribution is 6.33. The number of fused-ring (bicyclic) bond motifs is 1. The van der Waals surface area contributed by atoms with Crippen molar-refractivity contribution < 1.29 is 24.9 Å². The summed E-state index contributed by atoms with van der Waals surface area (Å²) >= 11 is 12.4. The molecule has 5 atom stereocenters. The second-order valence-electron chi connectivity index (χ2n) is 9.46. The van der Waals surface area contributed by atoms with Crippen LogP contribution in [0.25, 0.3) is 22.3 Å². The molecule has 3 N–H and O–H groups in total. The van der Waals surface area contributed by atoms with Gasteiger partial charge in [-0.3, -0.25) is 4.57 Å². The molecule has 0 bridgehead atoms. The van der Waals surface area contributed by atoms with Crippen LogP contribution in [0.4, 0.5) is 0 Å². The van der Waals surface area contributed by atoms with Gasteiger partial charge in [0.05, 0.1) is 18.0 Å². The van der Waals surface area contributed by atoms with Crippen molar-refractivity contribution in [3.8, 4) is 11.1 Å². The van der Waals surface area contributed by atoms with Crippen LogP contribution in [0.15, 0.2) is 85.5 Å². The van der Waals surface area contributed by atoms with Crippen molar-refractivity contribution in [1.29, 1.82) is 0 Å². The Balaban J connectivity index is 1.52. The maximum Gasteiger partial charge on any atom is 0.335 e. The van der Waals surface area contributed by atoms with E-state index in [4.69, 9.17) is 27.9 Å². The molecule has 1 aliphatic rings. The Kier molecular flexibility index (Phi) is 6.99. The number of rotatable bonds is 6. The SMILES string of the molecule is O=C(O)c1ccc(-c2ccccc2)c(C(c2ccc(Cl)cc2)[C@@H]2O[C@@H](n3cnc4c(Cl)ncnc43)[C@H](O)[C@@H]2O)c1. The summed E-state index contributed by atoms with van der Waals surface area (Å²) in [5.41, 5.74) is 3.65. The monoisotopic (exact) mass is 576 g/mol. The summed E-state index contributed by atoms with van der Waals surface area (Å²) in [4.78, 5) is 24.5. The Morgan fingerprint density at radius 2 is 1.68 bits per heavy atom. The molecule has 11 heteroatoms. The lowest BCUT2D eigenvalue weighted by Gasteiger charge is -2.29. The number of imidazole rings is 1. The van der Waals surface area contributed by atoms with E-state index >= 15 is 0 Å². The normalized spacial score (nSPS) is 21.5. The molecule has 0 spiro atoms. The van der Waals surface area contributed by atoms with Crippen LogP contribution in [0.3, 0.4) is 0 Å². The van der Waals surface area contributed by atoms with Gasteiger partial charge in [-0.1, -0.05) is 71.7 Å². The van der Waals surface area contributed by atoms with Gasteiger partial charge in [-0.2, -0.15) is 0 Å². The van der Waals surface area contributed by atoms with E-state index in [1.54, 1.807) is 36.4 Å². The number of carboxylic acids is 1. The zero-order valence-corrected chi connectivity index (χ0v) is 22.2. The molecule has 1 aliphatic heterocycles. The fourth-order valence-electron chi connectivity index (χ4n) is 5.25. The maximum atomic E-state index is 12.0. The van der Waals surface area contributed by atoms with E-state index in [1.165, 1.54) is 23.3 Å². The highest BCUT2D eigenvalue weighted by Crippen LogP contribution is 2.44. The first-order valence-corrected chi connectivity index (χ1v) is 13.1. The highest BCUT2D eigenvalue weighted by Gasteiger charge is 2.49. The van der Waals surface area contributed by atoms with Gasteiger partial charge < -0.3 is 20.1 Å². The molecule has 5 aromatic rings. The van der Waals surface area contributed by atoms with Gasteiger partial charge in [0.15, 0.2) is 17.0 Å². The number of ether oxygens (including phenoxy) is 1. The molecular weight excluding hydrogens is 555 g/mol. The van der Waals surface area contributed by atoms with E-state index in [2.05, 4.69) is 15.0 Å². The zero-order chi connectivity index (χ0) is 28.0. The molecule has 9 nitrogen and oxygen atoms in total. The van der Waals surface area contributed by atoms with Crippen LogP contribution in [0.5, 0.6) is 0 Å². The summed E-state index contributed by atoms with van der Waals surface area (Å²) in [6.07, 6.45) is -2.09. The minimum atomic E-state index is -1.37. The van der Waals surface area contributed by atoms with Gasteiger partial charge in [-0.05, 0) is 46.5 Å². The lowest BCUT2D eigenvalue weighted by molar-refractivity contribution is -0.0392. The van der Waals surface area contributed by atoms with E-state index < -0.39 is 36.4 Å². The first kappa shape index (κ1) is 26.4. The number of carboxylic acid groups (broad SMARTS) is 1. The van der Waals surface area contributed by atoms with Gasteiger partial charge in [0, 0.05) is 10.9 Å². The molecule has 202 valence electrons. The summed E-state index contributed by atoms with van der Waals surface area (Å²) in [7, 11) is 0. The molecule has 0 aliphatic carbocycles. The summed E-state index contributed by atoms with van der Waals surface area (Å²) < 4.78 is 7.91. The Morgan fingerprint density at radius 3 is 2.40 bits per heavy atom. The minimum Gasteiger partial charge on any atom is -0.478 e. The molecular formula is C29H22Cl2N4O5. The van der Waals surface area contributed by atoms with E-state index in [9.17, 15) is 20.1 Å². The third kappa shape index (κ3) is 4.61. The molecule has 0 radical (unpaired) electrons. The molecule has 1 saturated heterocycles. The third-order valence-corrected chi connectivity index (χ3v) is 7.67. The van der Waals surface area contributed by atoms with Gasteiger partial charge in [0.2, 0.25) is 0 Å². The fourth-order valence-corrected chi connectivity index (χ4v) is 5.55. The number of aromatic nitrogens is 4. The second-order valence-corrected chi connectivity index (χ2v) is 10.3. The molecule has 1 unspecified atom stereocenters. The van der Waals surface area contributed by atoms with Crippen LogP contribution in [0, 0.1) is 0 Å². The van der Waals surface area contributed by atoms with Crippen LogP contribution >= 0.6 is 23.2 Å². The molecule has 3 aromatic carbocycles. The van der Waals surface area contributed by atoms with E-state index in [0.717, 1.165) is 11.1 Å². The van der Waals surface area contributed by atoms with Crippen LogP contribution < -0.4 is 0 Å². The van der Waals surface area contributed by atoms with E-state index in [-0.39, 0.29) is 10.7 Å². The van der Waals surface area contributed by atoms with Crippen molar-refractivity contribution in [3.63, 3.8) is 0 Å². The Labute approximate surface area is 238 Å². The Bertz CT molecular complexity index is 1700. The fraction of sp³-hybridized carbons (Fsp3) is 0.172. The molecule has 0 amide bonds. The zero-order valence-electron chi connectivity index (χ0n) is 20.7. The van der Waals surface area contributed by atoms with E-state index in [0.29, 0.717) is 27.3 Å². The van der Waals surface area contributed by atoms with Crippen molar-refractivity contribution in [2.24, 2.45) is 0 Å². The Morgan fingerprint density at radius 1 is 0.925 bits per heavy atom. The second kappa shape index (κ2) is 10.6. The number of aliphatic hydroxyl groups excluding tert-OH is 2. The Hall–Kier alpha value is -3.86. The number of carbonyl (C=O) groups is 1. The van der Waals surface area contributed by atoms with Crippen LogP contribution in [0.2, 0.25) is 10.2 Å². The number of aromatic carboxylic acids is 1. The largest absolute Gasteiger partial charge is 0.478 e. The number of benzene rings is 3. The van der Waals surface area contributed by atoms with E-state index in [1.807, 2.05) is 30.3 Å². The summed E-state index contributed by atoms with van der Waals surface area (Å²) in [6, 6.07) is 21.4. The number of halogens is 2. The predicted octanol–water partition coefficient (Wildman–Crippen LogP) is 4.95. The molecule has 1 fully saturated rings. The quantitative estimate of drug-likeness (QED) is 0.242. The predicted molar refractivity (Wildman–Crippen MR) is 148 cm³/mol.